The van der Waals surface area contributed by atoms with Crippen LogP contribution in [0.5, 0.6) is 0 Å². The second-order valence-electron chi connectivity index (χ2n) is 7.24. The first kappa shape index (κ1) is 16.2. The summed E-state index contributed by atoms with van der Waals surface area (Å²) in [7, 11) is 0. The topological polar surface area (TPSA) is 104 Å². The van der Waals surface area contributed by atoms with Crippen LogP contribution in [0.25, 0.3) is 0 Å². The van der Waals surface area contributed by atoms with Crippen LogP contribution in [-0.4, -0.2) is 17.7 Å². The lowest BCUT2D eigenvalue weighted by atomic mass is 9.63. The molecule has 1 radical (unpaired) electrons. The minimum Gasteiger partial charge on any atom is -0.328 e. The molecule has 0 unspecified atom stereocenters. The third-order valence-corrected chi connectivity index (χ3v) is 5.70. The lowest BCUT2D eigenvalue weighted by molar-refractivity contribution is 0.0637. The van der Waals surface area contributed by atoms with E-state index in [0.29, 0.717) is 36.3 Å². The Morgan fingerprint density at radius 1 is 0.800 bits per heavy atom. The van der Waals surface area contributed by atoms with Gasteiger partial charge in [0, 0.05) is 12.1 Å². The van der Waals surface area contributed by atoms with Gasteiger partial charge in [0.2, 0.25) is 0 Å². The van der Waals surface area contributed by atoms with Crippen molar-refractivity contribution in [3.8, 4) is 0 Å². The average molecular weight is 281 g/mol. The largest absolute Gasteiger partial charge is 0.328 e. The van der Waals surface area contributed by atoms with Crippen molar-refractivity contribution in [2.24, 2.45) is 40.7 Å². The van der Waals surface area contributed by atoms with Crippen molar-refractivity contribution < 1.29 is 0 Å². The van der Waals surface area contributed by atoms with E-state index < -0.39 is 5.66 Å². The van der Waals surface area contributed by atoms with Gasteiger partial charge < -0.3 is 22.9 Å². The molecule has 4 nitrogen and oxygen atoms in total. The maximum atomic E-state index is 6.44. The summed E-state index contributed by atoms with van der Waals surface area (Å²) >= 11 is 0. The van der Waals surface area contributed by atoms with E-state index in [1.807, 2.05) is 0 Å². The molecule has 0 spiro atoms. The van der Waals surface area contributed by atoms with Gasteiger partial charge in [0.15, 0.2) is 0 Å². The Labute approximate surface area is 124 Å². The van der Waals surface area contributed by atoms with Crippen LogP contribution in [0.15, 0.2) is 0 Å². The summed E-state index contributed by atoms with van der Waals surface area (Å²) in [5, 5.41) is 0. The van der Waals surface area contributed by atoms with Gasteiger partial charge in [-0.05, 0) is 75.5 Å². The molecule has 0 aromatic heterocycles. The van der Waals surface area contributed by atoms with Gasteiger partial charge in [-0.25, -0.2) is 0 Å². The van der Waals surface area contributed by atoms with Crippen molar-refractivity contribution in [3.63, 3.8) is 0 Å². The van der Waals surface area contributed by atoms with Gasteiger partial charge in [0.1, 0.15) is 0 Å². The van der Waals surface area contributed by atoms with Crippen molar-refractivity contribution in [1.82, 2.24) is 0 Å². The molecule has 0 aromatic rings. The van der Waals surface area contributed by atoms with Crippen molar-refractivity contribution in [1.29, 1.82) is 0 Å². The maximum Gasteiger partial charge on any atom is 0.0670 e. The summed E-state index contributed by atoms with van der Waals surface area (Å²) in [5.41, 5.74) is 24.3. The predicted molar refractivity (Wildman–Crippen MR) is 84.4 cm³/mol. The zero-order chi connectivity index (χ0) is 14.8. The second-order valence-corrected chi connectivity index (χ2v) is 7.24. The minimum absolute atomic E-state index is 0.372. The minimum atomic E-state index is -0.641. The molecule has 2 rings (SSSR count). The Kier molecular flexibility index (Phi) is 5.46. The molecule has 0 amide bonds. The molecule has 0 atom stereocenters. The molecule has 2 aliphatic rings. The fourth-order valence-corrected chi connectivity index (χ4v) is 4.44. The smallest absolute Gasteiger partial charge is 0.0670 e. The zero-order valence-corrected chi connectivity index (χ0v) is 12.8. The quantitative estimate of drug-likeness (QED) is 0.586. The third kappa shape index (κ3) is 3.73. The number of rotatable bonds is 4. The van der Waals surface area contributed by atoms with E-state index >= 15 is 0 Å². The van der Waals surface area contributed by atoms with Crippen LogP contribution < -0.4 is 22.9 Å². The highest BCUT2D eigenvalue weighted by atomic mass is 15.0. The first-order chi connectivity index (χ1) is 9.44. The molecule has 0 bridgehead atoms. The predicted octanol–water partition coefficient (Wildman–Crippen LogP) is 1.48. The van der Waals surface area contributed by atoms with Gasteiger partial charge in [-0.15, -0.1) is 0 Å². The Morgan fingerprint density at radius 2 is 1.15 bits per heavy atom. The van der Waals surface area contributed by atoms with Gasteiger partial charge in [0.25, 0.3) is 0 Å². The van der Waals surface area contributed by atoms with Gasteiger partial charge in [-0.2, -0.15) is 0 Å². The molecule has 2 saturated carbocycles. The van der Waals surface area contributed by atoms with Crippen molar-refractivity contribution >= 4 is 0 Å². The highest BCUT2D eigenvalue weighted by molar-refractivity contribution is 4.97. The molecular formula is C16H33N4. The summed E-state index contributed by atoms with van der Waals surface area (Å²) in [6.45, 7) is 4.00. The Hall–Kier alpha value is -0.160. The summed E-state index contributed by atoms with van der Waals surface area (Å²) in [5.74, 6) is 1.61. The number of hydrogen-bond acceptors (Lipinski definition) is 4. The van der Waals surface area contributed by atoms with E-state index in [1.54, 1.807) is 0 Å². The van der Waals surface area contributed by atoms with Crippen LogP contribution in [0.3, 0.4) is 0 Å². The monoisotopic (exact) mass is 281 g/mol. The normalized spacial score (nSPS) is 37.6. The van der Waals surface area contributed by atoms with Crippen LogP contribution in [0, 0.1) is 24.7 Å². The zero-order valence-electron chi connectivity index (χ0n) is 12.8. The van der Waals surface area contributed by atoms with E-state index in [2.05, 4.69) is 6.92 Å². The fourth-order valence-electron chi connectivity index (χ4n) is 4.44. The molecule has 20 heavy (non-hydrogen) atoms. The van der Waals surface area contributed by atoms with Crippen LogP contribution in [0.2, 0.25) is 0 Å². The van der Waals surface area contributed by atoms with Gasteiger partial charge in [-0.3, -0.25) is 0 Å². The molecule has 8 N–H and O–H groups in total. The molecule has 2 fully saturated rings. The van der Waals surface area contributed by atoms with Crippen LogP contribution >= 0.6 is 0 Å². The molecule has 0 aliphatic heterocycles. The van der Waals surface area contributed by atoms with Crippen molar-refractivity contribution in [3.05, 3.63) is 6.92 Å². The molecule has 117 valence electrons. The lowest BCUT2D eigenvalue weighted by Gasteiger charge is -2.47. The highest BCUT2D eigenvalue weighted by Crippen LogP contribution is 2.43. The van der Waals surface area contributed by atoms with Crippen LogP contribution in [-0.2, 0) is 0 Å². The maximum absolute atomic E-state index is 6.44. The number of hydrogen-bond donors (Lipinski definition) is 4. The molecule has 0 aromatic carbocycles. The average Bonchev–Trinajstić information content (AvgIpc) is 2.43. The molecule has 0 saturated heterocycles. The van der Waals surface area contributed by atoms with Crippen molar-refractivity contribution in [2.45, 2.75) is 75.5 Å². The van der Waals surface area contributed by atoms with Gasteiger partial charge in [-0.1, -0.05) is 6.92 Å². The fraction of sp³-hybridized carbons (Fsp3) is 0.938. The van der Waals surface area contributed by atoms with Crippen LogP contribution in [0.1, 0.15) is 57.8 Å². The summed E-state index contributed by atoms with van der Waals surface area (Å²) in [6, 6.07) is 0.743. The van der Waals surface area contributed by atoms with E-state index in [9.17, 15) is 0 Å². The van der Waals surface area contributed by atoms with E-state index in [4.69, 9.17) is 22.9 Å². The Balaban J connectivity index is 2.08. The molecular weight excluding hydrogens is 248 g/mol. The summed E-state index contributed by atoms with van der Waals surface area (Å²) in [4.78, 5) is 0. The van der Waals surface area contributed by atoms with E-state index in [-0.39, 0.29) is 0 Å². The SMILES string of the molecule is [CH2]CC(N)(N)C(C1CCC(N)CC1)C1CCC(N)CC1. The summed E-state index contributed by atoms with van der Waals surface area (Å²) < 4.78 is 0. The van der Waals surface area contributed by atoms with Crippen molar-refractivity contribution in [2.75, 3.05) is 0 Å². The second kappa shape index (κ2) is 6.73. The first-order valence-electron chi connectivity index (χ1n) is 8.32. The summed E-state index contributed by atoms with van der Waals surface area (Å²) in [6.07, 6.45) is 9.73. The molecule has 4 heteroatoms. The number of nitrogens with two attached hydrogens (primary N) is 4. The van der Waals surface area contributed by atoms with E-state index in [0.717, 1.165) is 25.7 Å². The Morgan fingerprint density at radius 3 is 1.45 bits per heavy atom. The molecule has 2 aliphatic carbocycles. The first-order valence-corrected chi connectivity index (χ1v) is 8.32. The third-order valence-electron chi connectivity index (χ3n) is 5.70. The van der Waals surface area contributed by atoms with Gasteiger partial charge >= 0.3 is 0 Å². The lowest BCUT2D eigenvalue weighted by Crippen LogP contribution is -2.60. The highest BCUT2D eigenvalue weighted by Gasteiger charge is 2.42. The molecule has 0 heterocycles. The van der Waals surface area contributed by atoms with Crippen LogP contribution in [0.4, 0.5) is 0 Å². The standard InChI is InChI=1S/C16H33N4/c1-2-16(19,20)15(11-3-7-13(17)8-4-11)12-5-9-14(18)10-6-12/h11-15H,1-10,17-20H2. The Bertz CT molecular complexity index is 267. The van der Waals surface area contributed by atoms with Gasteiger partial charge in [0.05, 0.1) is 5.66 Å². The van der Waals surface area contributed by atoms with E-state index in [1.165, 1.54) is 25.7 Å².